The molecule has 0 atom stereocenters. The lowest BCUT2D eigenvalue weighted by molar-refractivity contribution is -0.118. The normalized spacial score (nSPS) is 11.7. The molecule has 0 saturated carbocycles. The zero-order chi connectivity index (χ0) is 16.9. The molecule has 1 amide bonds. The fraction of sp³-hybridized carbons (Fsp3) is 0.118. The molecule has 24 heavy (non-hydrogen) atoms. The Balaban J connectivity index is 1.56. The van der Waals surface area contributed by atoms with Gasteiger partial charge in [0.25, 0.3) is 5.91 Å². The van der Waals surface area contributed by atoms with E-state index in [0.717, 1.165) is 30.3 Å². The molecule has 122 valence electrons. The third kappa shape index (κ3) is 4.43. The molecule has 7 heteroatoms. The van der Waals surface area contributed by atoms with Crippen molar-refractivity contribution < 1.29 is 4.79 Å². The van der Waals surface area contributed by atoms with E-state index in [0.29, 0.717) is 0 Å². The van der Waals surface area contributed by atoms with Crippen LogP contribution in [0.2, 0.25) is 0 Å². The van der Waals surface area contributed by atoms with Crippen molar-refractivity contribution in [2.24, 2.45) is 5.10 Å². The summed E-state index contributed by atoms with van der Waals surface area (Å²) in [5, 5.41) is 4.16. The van der Waals surface area contributed by atoms with E-state index in [4.69, 9.17) is 0 Å². The van der Waals surface area contributed by atoms with Crippen molar-refractivity contribution >= 4 is 60.9 Å². The van der Waals surface area contributed by atoms with Gasteiger partial charge < -0.3 is 0 Å². The number of thioether (sulfide) groups is 1. The number of aromatic nitrogens is 1. The van der Waals surface area contributed by atoms with Crippen molar-refractivity contribution in [1.29, 1.82) is 0 Å². The quantitative estimate of drug-likeness (QED) is 0.370. The number of nitrogens with zero attached hydrogens (tertiary/aromatic N) is 2. The van der Waals surface area contributed by atoms with E-state index in [1.165, 1.54) is 11.8 Å². The largest absolute Gasteiger partial charge is 0.272 e. The maximum Gasteiger partial charge on any atom is 0.250 e. The van der Waals surface area contributed by atoms with Crippen LogP contribution < -0.4 is 5.43 Å². The second-order valence-electron chi connectivity index (χ2n) is 4.98. The maximum absolute atomic E-state index is 12.0. The van der Waals surface area contributed by atoms with Gasteiger partial charge in [0.05, 0.1) is 21.7 Å². The van der Waals surface area contributed by atoms with E-state index in [1.54, 1.807) is 11.3 Å². The highest BCUT2D eigenvalue weighted by Crippen LogP contribution is 2.28. The summed E-state index contributed by atoms with van der Waals surface area (Å²) >= 11 is 6.44. The van der Waals surface area contributed by atoms with Crippen molar-refractivity contribution in [3.8, 4) is 0 Å². The lowest BCUT2D eigenvalue weighted by Crippen LogP contribution is -2.21. The molecule has 0 aliphatic heterocycles. The molecular weight excluding hydrogens is 406 g/mol. The summed E-state index contributed by atoms with van der Waals surface area (Å²) in [5.41, 5.74) is 5.28. The SMILES string of the molecule is C/C(=N/NC(=O)CSc1nc2ccccc2s1)c1cccc(Br)c1. The number of hydrogen-bond acceptors (Lipinski definition) is 5. The molecule has 0 bridgehead atoms. The number of para-hydroxylation sites is 1. The van der Waals surface area contributed by atoms with E-state index < -0.39 is 0 Å². The van der Waals surface area contributed by atoms with Crippen LogP contribution in [0.1, 0.15) is 12.5 Å². The number of hydrazone groups is 1. The molecule has 1 aromatic heterocycles. The van der Waals surface area contributed by atoms with Crippen LogP contribution in [-0.2, 0) is 4.79 Å². The fourth-order valence-electron chi connectivity index (χ4n) is 2.00. The van der Waals surface area contributed by atoms with Crippen LogP contribution in [0.4, 0.5) is 0 Å². The number of rotatable bonds is 5. The molecule has 3 rings (SSSR count). The molecule has 0 aliphatic rings. The average molecular weight is 420 g/mol. The number of amides is 1. The molecule has 1 N–H and O–H groups in total. The Bertz CT molecular complexity index is 874. The van der Waals surface area contributed by atoms with Crippen LogP contribution in [0.25, 0.3) is 10.2 Å². The summed E-state index contributed by atoms with van der Waals surface area (Å²) < 4.78 is 3.00. The topological polar surface area (TPSA) is 54.4 Å². The first-order chi connectivity index (χ1) is 11.6. The van der Waals surface area contributed by atoms with Crippen LogP contribution >= 0.6 is 39.0 Å². The second kappa shape index (κ2) is 7.92. The lowest BCUT2D eigenvalue weighted by Gasteiger charge is -2.03. The minimum atomic E-state index is -0.145. The molecule has 0 spiro atoms. The van der Waals surface area contributed by atoms with Gasteiger partial charge in [-0.1, -0.05) is 52.0 Å². The predicted molar refractivity (Wildman–Crippen MR) is 105 cm³/mol. The van der Waals surface area contributed by atoms with Gasteiger partial charge in [-0.25, -0.2) is 10.4 Å². The molecular formula is C17H14BrN3OS2. The first-order valence-corrected chi connectivity index (χ1v) is 9.79. The number of carbonyl (C=O) groups is 1. The standard InChI is InChI=1S/C17H14BrN3OS2/c1-11(12-5-4-6-13(18)9-12)20-21-16(22)10-23-17-19-14-7-2-3-8-15(14)24-17/h2-9H,10H2,1H3,(H,21,22)/b20-11-. The van der Waals surface area contributed by atoms with Gasteiger partial charge in [0.15, 0.2) is 4.34 Å². The molecule has 0 unspecified atom stereocenters. The minimum Gasteiger partial charge on any atom is -0.272 e. The van der Waals surface area contributed by atoms with E-state index in [2.05, 4.69) is 31.4 Å². The van der Waals surface area contributed by atoms with Crippen molar-refractivity contribution in [3.05, 3.63) is 58.6 Å². The highest BCUT2D eigenvalue weighted by atomic mass is 79.9. The van der Waals surface area contributed by atoms with Crippen molar-refractivity contribution in [1.82, 2.24) is 10.4 Å². The molecule has 1 heterocycles. The van der Waals surface area contributed by atoms with E-state index in [-0.39, 0.29) is 11.7 Å². The number of thiazole rings is 1. The number of nitrogens with one attached hydrogen (secondary N) is 1. The summed E-state index contributed by atoms with van der Waals surface area (Å²) in [6, 6.07) is 15.7. The van der Waals surface area contributed by atoms with Crippen LogP contribution in [0.5, 0.6) is 0 Å². The Labute approximate surface area is 156 Å². The molecule has 4 nitrogen and oxygen atoms in total. The highest BCUT2D eigenvalue weighted by Gasteiger charge is 2.07. The number of hydrogen-bond donors (Lipinski definition) is 1. The first-order valence-electron chi connectivity index (χ1n) is 7.19. The third-order valence-electron chi connectivity index (χ3n) is 3.19. The number of halogens is 1. The van der Waals surface area contributed by atoms with Crippen LogP contribution in [0.3, 0.4) is 0 Å². The summed E-state index contributed by atoms with van der Waals surface area (Å²) in [4.78, 5) is 16.5. The molecule has 0 saturated heterocycles. The Morgan fingerprint density at radius 3 is 2.92 bits per heavy atom. The van der Waals surface area contributed by atoms with Crippen molar-refractivity contribution in [2.75, 3.05) is 5.75 Å². The first kappa shape index (κ1) is 17.1. The molecule has 2 aromatic carbocycles. The van der Waals surface area contributed by atoms with Gasteiger partial charge in [-0.2, -0.15) is 5.10 Å². The molecule has 0 fully saturated rings. The Kier molecular flexibility index (Phi) is 5.65. The van der Waals surface area contributed by atoms with Crippen molar-refractivity contribution in [3.63, 3.8) is 0 Å². The second-order valence-corrected chi connectivity index (χ2v) is 8.15. The third-order valence-corrected chi connectivity index (χ3v) is 5.86. The van der Waals surface area contributed by atoms with Gasteiger partial charge in [0.1, 0.15) is 0 Å². The van der Waals surface area contributed by atoms with Crippen LogP contribution in [-0.4, -0.2) is 22.4 Å². The lowest BCUT2D eigenvalue weighted by atomic mass is 10.1. The monoisotopic (exact) mass is 419 g/mol. The summed E-state index contributed by atoms with van der Waals surface area (Å²) in [5.74, 6) is 0.142. The molecule has 0 aliphatic carbocycles. The van der Waals surface area contributed by atoms with Gasteiger partial charge in [-0.05, 0) is 36.8 Å². The van der Waals surface area contributed by atoms with Crippen LogP contribution in [0, 0.1) is 0 Å². The van der Waals surface area contributed by atoms with Crippen LogP contribution in [0.15, 0.2) is 62.4 Å². The predicted octanol–water partition coefficient (Wildman–Crippen LogP) is 4.69. The smallest absolute Gasteiger partial charge is 0.250 e. The minimum absolute atomic E-state index is 0.145. The summed E-state index contributed by atoms with van der Waals surface area (Å²) in [6.45, 7) is 1.86. The fourth-order valence-corrected chi connectivity index (χ4v) is 4.26. The molecule has 0 radical (unpaired) electrons. The van der Waals surface area contributed by atoms with Gasteiger partial charge in [-0.15, -0.1) is 11.3 Å². The number of fused-ring (bicyclic) bond motifs is 1. The Morgan fingerprint density at radius 2 is 2.12 bits per heavy atom. The van der Waals surface area contributed by atoms with E-state index >= 15 is 0 Å². The highest BCUT2D eigenvalue weighted by molar-refractivity contribution is 9.10. The van der Waals surface area contributed by atoms with Gasteiger partial charge >= 0.3 is 0 Å². The van der Waals surface area contributed by atoms with E-state index in [1.807, 2.05) is 55.5 Å². The van der Waals surface area contributed by atoms with Gasteiger partial charge in [-0.3, -0.25) is 4.79 Å². The molecule has 3 aromatic rings. The number of carbonyl (C=O) groups excluding carboxylic acids is 1. The zero-order valence-corrected chi connectivity index (χ0v) is 16.0. The van der Waals surface area contributed by atoms with Crippen molar-refractivity contribution in [2.45, 2.75) is 11.3 Å². The van der Waals surface area contributed by atoms with Gasteiger partial charge in [0, 0.05) is 4.47 Å². The van der Waals surface area contributed by atoms with E-state index in [9.17, 15) is 4.79 Å². The Hall–Kier alpha value is -1.70. The number of benzene rings is 2. The average Bonchev–Trinajstić information content (AvgIpc) is 3.00. The zero-order valence-electron chi connectivity index (χ0n) is 12.8. The Morgan fingerprint density at radius 1 is 1.29 bits per heavy atom. The van der Waals surface area contributed by atoms with Gasteiger partial charge in [0.2, 0.25) is 0 Å². The summed E-state index contributed by atoms with van der Waals surface area (Å²) in [7, 11) is 0. The maximum atomic E-state index is 12.0. The summed E-state index contributed by atoms with van der Waals surface area (Å²) in [6.07, 6.45) is 0.